The summed E-state index contributed by atoms with van der Waals surface area (Å²) < 4.78 is 11.1. The molecular formula is C11H14N2O5S. The van der Waals surface area contributed by atoms with Crippen molar-refractivity contribution in [3.63, 3.8) is 0 Å². The smallest absolute Gasteiger partial charge is 0.335 e. The number of nitrogens with one attached hydrogen (secondary N) is 1. The monoisotopic (exact) mass is 286 g/mol. The lowest BCUT2D eigenvalue weighted by Gasteiger charge is -2.14. The lowest BCUT2D eigenvalue weighted by atomic mass is 10.1. The molecule has 0 radical (unpaired) electrons. The van der Waals surface area contributed by atoms with E-state index in [1.165, 1.54) is 18.4 Å². The number of aromatic carboxylic acids is 1. The second-order valence-electron chi connectivity index (χ2n) is 4.08. The fourth-order valence-corrected chi connectivity index (χ4v) is 2.39. The van der Waals surface area contributed by atoms with Gasteiger partial charge in [-0.1, -0.05) is 0 Å². The molecule has 0 heterocycles. The number of carbonyl (C=O) groups is 1. The fourth-order valence-electron chi connectivity index (χ4n) is 1.60. The van der Waals surface area contributed by atoms with Gasteiger partial charge in [-0.05, 0) is 19.1 Å². The Morgan fingerprint density at radius 2 is 2.21 bits per heavy atom. The van der Waals surface area contributed by atoms with Crippen molar-refractivity contribution in [1.29, 1.82) is 0 Å². The molecule has 19 heavy (non-hydrogen) atoms. The molecule has 1 aromatic carbocycles. The van der Waals surface area contributed by atoms with E-state index in [0.29, 0.717) is 5.75 Å². The minimum atomic E-state index is -1.16. The molecule has 0 aromatic heterocycles. The minimum absolute atomic E-state index is 0.0436. The predicted molar refractivity (Wildman–Crippen MR) is 72.1 cm³/mol. The van der Waals surface area contributed by atoms with Gasteiger partial charge in [0.2, 0.25) is 0 Å². The number of carboxylic acids is 1. The van der Waals surface area contributed by atoms with Crippen LogP contribution in [0.4, 0.5) is 11.4 Å². The van der Waals surface area contributed by atoms with Crippen molar-refractivity contribution in [3.8, 4) is 0 Å². The molecule has 8 heteroatoms. The predicted octanol–water partition coefficient (Wildman–Crippen LogP) is 1.47. The zero-order valence-electron chi connectivity index (χ0n) is 10.5. The second-order valence-corrected chi connectivity index (χ2v) is 5.56. The first-order valence-corrected chi connectivity index (χ1v) is 7.12. The zero-order chi connectivity index (χ0) is 14.6. The van der Waals surface area contributed by atoms with Gasteiger partial charge in [0, 0.05) is 34.9 Å². The van der Waals surface area contributed by atoms with Gasteiger partial charge < -0.3 is 10.4 Å². The van der Waals surface area contributed by atoms with E-state index in [-0.39, 0.29) is 23.0 Å². The molecule has 2 atom stereocenters. The first-order valence-electron chi connectivity index (χ1n) is 5.39. The van der Waals surface area contributed by atoms with Gasteiger partial charge >= 0.3 is 5.97 Å². The highest BCUT2D eigenvalue weighted by atomic mass is 32.2. The molecule has 2 N–H and O–H groups in total. The molecule has 1 aromatic rings. The van der Waals surface area contributed by atoms with Crippen molar-refractivity contribution >= 4 is 28.1 Å². The van der Waals surface area contributed by atoms with Crippen LogP contribution in [0, 0.1) is 10.1 Å². The van der Waals surface area contributed by atoms with E-state index in [1.54, 1.807) is 6.92 Å². The molecule has 0 saturated carbocycles. The van der Waals surface area contributed by atoms with Gasteiger partial charge in [0.05, 0.1) is 10.5 Å². The third-order valence-electron chi connectivity index (χ3n) is 2.33. The zero-order valence-corrected chi connectivity index (χ0v) is 11.3. The van der Waals surface area contributed by atoms with E-state index >= 15 is 0 Å². The Hall–Kier alpha value is -1.96. The summed E-state index contributed by atoms with van der Waals surface area (Å²) in [6.07, 6.45) is 1.53. The summed E-state index contributed by atoms with van der Waals surface area (Å²) in [6, 6.07) is 3.25. The lowest BCUT2D eigenvalue weighted by Crippen LogP contribution is -2.23. The van der Waals surface area contributed by atoms with Crippen LogP contribution in [0.15, 0.2) is 18.2 Å². The first kappa shape index (κ1) is 15.1. The number of hydrogen-bond donors (Lipinski definition) is 2. The average molecular weight is 286 g/mol. The van der Waals surface area contributed by atoms with Crippen molar-refractivity contribution < 1.29 is 19.0 Å². The Bertz CT molecular complexity index is 532. The van der Waals surface area contributed by atoms with Gasteiger partial charge in [0.25, 0.3) is 5.69 Å². The molecule has 7 nitrogen and oxygen atoms in total. The van der Waals surface area contributed by atoms with Crippen LogP contribution in [0.1, 0.15) is 17.3 Å². The van der Waals surface area contributed by atoms with Gasteiger partial charge in [-0.2, -0.15) is 0 Å². The number of nitro benzene ring substituents is 1. The van der Waals surface area contributed by atoms with Crippen molar-refractivity contribution in [1.82, 2.24) is 0 Å². The number of nitro groups is 1. The normalized spacial score (nSPS) is 13.6. The molecule has 2 unspecified atom stereocenters. The fraction of sp³-hybridized carbons (Fsp3) is 0.364. The summed E-state index contributed by atoms with van der Waals surface area (Å²) in [5.74, 6) is -0.848. The van der Waals surface area contributed by atoms with E-state index in [0.717, 1.165) is 6.07 Å². The average Bonchev–Trinajstić information content (AvgIpc) is 2.26. The van der Waals surface area contributed by atoms with Gasteiger partial charge in [-0.15, -0.1) is 0 Å². The Labute approximate surface area is 112 Å². The summed E-state index contributed by atoms with van der Waals surface area (Å²) in [5.41, 5.74) is -0.139. The number of rotatable bonds is 6. The Morgan fingerprint density at radius 3 is 2.68 bits per heavy atom. The third kappa shape index (κ3) is 4.32. The highest BCUT2D eigenvalue weighted by Gasteiger charge is 2.18. The topological polar surface area (TPSA) is 110 Å². The van der Waals surface area contributed by atoms with Crippen molar-refractivity contribution in [2.75, 3.05) is 17.3 Å². The molecule has 0 amide bonds. The maximum atomic E-state index is 11.1. The number of nitrogens with zero attached hydrogens (tertiary/aromatic N) is 1. The van der Waals surface area contributed by atoms with Crippen LogP contribution >= 0.6 is 0 Å². The summed E-state index contributed by atoms with van der Waals surface area (Å²) >= 11 is 0. The third-order valence-corrected chi connectivity index (χ3v) is 3.30. The summed E-state index contributed by atoms with van der Waals surface area (Å²) in [4.78, 5) is 21.1. The first-order chi connectivity index (χ1) is 8.81. The molecule has 1 rings (SSSR count). The lowest BCUT2D eigenvalue weighted by molar-refractivity contribution is -0.384. The molecule has 0 aliphatic carbocycles. The summed E-state index contributed by atoms with van der Waals surface area (Å²) in [5, 5.41) is 22.6. The van der Waals surface area contributed by atoms with Crippen LogP contribution in [0.2, 0.25) is 0 Å². The maximum absolute atomic E-state index is 11.1. The second kappa shape index (κ2) is 6.28. The number of benzene rings is 1. The van der Waals surface area contributed by atoms with Crippen molar-refractivity contribution in [2.24, 2.45) is 0 Å². The van der Waals surface area contributed by atoms with E-state index < -0.39 is 21.7 Å². The van der Waals surface area contributed by atoms with Crippen LogP contribution in [0.25, 0.3) is 0 Å². The van der Waals surface area contributed by atoms with Gasteiger partial charge in [0.15, 0.2) is 0 Å². The van der Waals surface area contributed by atoms with Gasteiger partial charge in [-0.3, -0.25) is 14.3 Å². The van der Waals surface area contributed by atoms with Crippen LogP contribution in [0.3, 0.4) is 0 Å². The summed E-state index contributed by atoms with van der Waals surface area (Å²) in [6.45, 7) is 1.72. The highest BCUT2D eigenvalue weighted by Crippen LogP contribution is 2.26. The number of anilines is 1. The van der Waals surface area contributed by atoms with E-state index in [4.69, 9.17) is 5.11 Å². The Balaban J connectivity index is 3.07. The highest BCUT2D eigenvalue weighted by molar-refractivity contribution is 7.84. The molecule has 104 valence electrons. The SMILES string of the molecule is CC(CS(C)=O)Nc1cc(C(=O)O)ccc1[N+](=O)[O-]. The molecule has 0 aliphatic heterocycles. The molecule has 0 saturated heterocycles. The molecular weight excluding hydrogens is 272 g/mol. The van der Waals surface area contributed by atoms with E-state index in [2.05, 4.69) is 5.32 Å². The van der Waals surface area contributed by atoms with Crippen LogP contribution < -0.4 is 5.32 Å². The molecule has 0 bridgehead atoms. The van der Waals surface area contributed by atoms with Crippen molar-refractivity contribution in [3.05, 3.63) is 33.9 Å². The van der Waals surface area contributed by atoms with E-state index in [1.807, 2.05) is 0 Å². The van der Waals surface area contributed by atoms with Crippen LogP contribution in [-0.2, 0) is 10.8 Å². The number of carboxylic acid groups (broad SMARTS) is 1. The minimum Gasteiger partial charge on any atom is -0.478 e. The van der Waals surface area contributed by atoms with Crippen molar-refractivity contribution in [2.45, 2.75) is 13.0 Å². The summed E-state index contributed by atoms with van der Waals surface area (Å²) in [7, 11) is -1.05. The maximum Gasteiger partial charge on any atom is 0.335 e. The molecule has 0 aliphatic rings. The standard InChI is InChI=1S/C11H14N2O5S/c1-7(6-19(2)18)12-9-5-8(11(14)15)3-4-10(9)13(16)17/h3-5,7,12H,6H2,1-2H3,(H,14,15). The Morgan fingerprint density at radius 1 is 1.58 bits per heavy atom. The largest absolute Gasteiger partial charge is 0.478 e. The Kier molecular flexibility index (Phi) is 4.99. The van der Waals surface area contributed by atoms with Gasteiger partial charge in [-0.25, -0.2) is 4.79 Å². The molecule has 0 spiro atoms. The molecule has 0 fully saturated rings. The van der Waals surface area contributed by atoms with E-state index in [9.17, 15) is 19.1 Å². The number of hydrogen-bond acceptors (Lipinski definition) is 5. The van der Waals surface area contributed by atoms with Crippen LogP contribution in [0.5, 0.6) is 0 Å². The van der Waals surface area contributed by atoms with Crippen LogP contribution in [-0.4, -0.2) is 38.3 Å². The van der Waals surface area contributed by atoms with Gasteiger partial charge in [0.1, 0.15) is 5.69 Å². The quantitative estimate of drug-likeness (QED) is 0.605.